The maximum absolute atomic E-state index is 12.8. The van der Waals surface area contributed by atoms with Crippen LogP contribution in [0.1, 0.15) is 36.3 Å². The van der Waals surface area contributed by atoms with E-state index in [1.807, 2.05) is 12.3 Å². The molecule has 2 heterocycles. The molecule has 0 atom stereocenters. The summed E-state index contributed by atoms with van der Waals surface area (Å²) in [5.41, 5.74) is 0.101. The third-order valence-corrected chi connectivity index (χ3v) is 5.90. The minimum absolute atomic E-state index is 0.0422. The zero-order chi connectivity index (χ0) is 21.1. The van der Waals surface area contributed by atoms with Gasteiger partial charge in [0.25, 0.3) is 0 Å². The van der Waals surface area contributed by atoms with E-state index in [0.717, 1.165) is 40.4 Å². The van der Waals surface area contributed by atoms with Gasteiger partial charge in [-0.2, -0.15) is 13.2 Å². The zero-order valence-electron chi connectivity index (χ0n) is 15.8. The van der Waals surface area contributed by atoms with Gasteiger partial charge in [0.1, 0.15) is 10.8 Å². The largest absolute Gasteiger partial charge is 0.416 e. The number of carbonyl (C=O) groups is 1. The highest BCUT2D eigenvalue weighted by Gasteiger charge is 2.30. The number of halogens is 3. The van der Waals surface area contributed by atoms with Gasteiger partial charge in [-0.3, -0.25) is 5.32 Å². The summed E-state index contributed by atoms with van der Waals surface area (Å²) in [7, 11) is 0. The maximum atomic E-state index is 12.8. The van der Waals surface area contributed by atoms with Crippen molar-refractivity contribution in [2.24, 2.45) is 0 Å². The van der Waals surface area contributed by atoms with E-state index in [1.165, 1.54) is 30.9 Å². The molecule has 5 nitrogen and oxygen atoms in total. The Hall–Kier alpha value is -2.94. The fraction of sp³-hybridized carbons (Fsp3) is 0.238. The van der Waals surface area contributed by atoms with Gasteiger partial charge in [-0.15, -0.1) is 11.3 Å². The number of nitrogens with one attached hydrogen (secondary N) is 2. The minimum Gasteiger partial charge on any atom is -0.308 e. The highest BCUT2D eigenvalue weighted by molar-refractivity contribution is 7.15. The number of hydrogen-bond acceptors (Lipinski definition) is 4. The van der Waals surface area contributed by atoms with Crippen LogP contribution in [0.25, 0.3) is 10.4 Å². The van der Waals surface area contributed by atoms with Crippen molar-refractivity contribution in [3.63, 3.8) is 0 Å². The summed E-state index contributed by atoms with van der Waals surface area (Å²) < 4.78 is 38.3. The number of urea groups is 1. The molecule has 0 saturated heterocycles. The zero-order valence-corrected chi connectivity index (χ0v) is 16.6. The quantitative estimate of drug-likeness (QED) is 0.505. The lowest BCUT2D eigenvalue weighted by molar-refractivity contribution is -0.137. The van der Waals surface area contributed by atoms with Gasteiger partial charge in [-0.05, 0) is 43.2 Å². The molecule has 0 unspecified atom stereocenters. The number of anilines is 2. The van der Waals surface area contributed by atoms with Gasteiger partial charge in [0.2, 0.25) is 0 Å². The normalized spacial score (nSPS) is 14.6. The van der Waals surface area contributed by atoms with Gasteiger partial charge >= 0.3 is 12.2 Å². The smallest absolute Gasteiger partial charge is 0.308 e. The van der Waals surface area contributed by atoms with Gasteiger partial charge in [0.15, 0.2) is 0 Å². The van der Waals surface area contributed by atoms with Crippen molar-refractivity contribution < 1.29 is 18.0 Å². The van der Waals surface area contributed by atoms with E-state index >= 15 is 0 Å². The molecule has 0 spiro atoms. The average molecular weight is 431 g/mol. The maximum Gasteiger partial charge on any atom is 0.416 e. The molecule has 30 heavy (non-hydrogen) atoms. The summed E-state index contributed by atoms with van der Waals surface area (Å²) in [4.78, 5) is 21.8. The Morgan fingerprint density at radius 1 is 1.00 bits per heavy atom. The first-order valence-corrected chi connectivity index (χ1v) is 10.2. The van der Waals surface area contributed by atoms with Gasteiger partial charge < -0.3 is 5.32 Å². The van der Waals surface area contributed by atoms with Crippen molar-refractivity contribution in [3.8, 4) is 10.4 Å². The topological polar surface area (TPSA) is 66.9 Å². The van der Waals surface area contributed by atoms with Gasteiger partial charge in [-0.25, -0.2) is 14.8 Å². The van der Waals surface area contributed by atoms with E-state index in [1.54, 1.807) is 23.6 Å². The van der Waals surface area contributed by atoms with Gasteiger partial charge in [0.05, 0.1) is 10.4 Å². The van der Waals surface area contributed by atoms with E-state index in [4.69, 9.17) is 0 Å². The lowest BCUT2D eigenvalue weighted by Crippen LogP contribution is -2.20. The molecule has 0 bridgehead atoms. The number of alkyl halides is 3. The monoisotopic (exact) mass is 431 g/mol. The standard InChI is InChI=1S/C21H18F3N4OS/c22-21(23,24)15-6-3-7-16(10-15)27-20(29)28-18-9-8-14(11-25-18)17-12-26-19(30-17)13-4-1-2-5-13/h3,6-12H,1-2,4-5H2,(H2,25,27,28,29). The van der Waals surface area contributed by atoms with E-state index in [9.17, 15) is 18.0 Å². The highest BCUT2D eigenvalue weighted by atomic mass is 32.1. The molecule has 1 aliphatic carbocycles. The molecule has 155 valence electrons. The number of hydrogen-bond donors (Lipinski definition) is 2. The van der Waals surface area contributed by atoms with Crippen LogP contribution in [0.5, 0.6) is 0 Å². The lowest BCUT2D eigenvalue weighted by atomic mass is 10.1. The van der Waals surface area contributed by atoms with Crippen LogP contribution in [-0.4, -0.2) is 16.0 Å². The number of nitrogens with zero attached hydrogens (tertiary/aromatic N) is 2. The Kier molecular flexibility index (Phi) is 5.72. The number of aromatic nitrogens is 2. The molecule has 1 fully saturated rings. The Labute approximate surface area is 175 Å². The number of thiazole rings is 1. The van der Waals surface area contributed by atoms with Crippen LogP contribution < -0.4 is 10.6 Å². The van der Waals surface area contributed by atoms with Crippen LogP contribution in [0.4, 0.5) is 29.5 Å². The minimum atomic E-state index is -4.47. The van der Waals surface area contributed by atoms with E-state index in [2.05, 4.69) is 20.6 Å². The molecule has 3 aromatic rings. The van der Waals surface area contributed by atoms with Crippen molar-refractivity contribution in [1.29, 1.82) is 0 Å². The number of benzene rings is 1. The number of rotatable bonds is 4. The summed E-state index contributed by atoms with van der Waals surface area (Å²) >= 11 is 1.63. The first-order valence-electron chi connectivity index (χ1n) is 9.41. The van der Waals surface area contributed by atoms with Crippen LogP contribution in [-0.2, 0) is 6.18 Å². The second kappa shape index (κ2) is 8.43. The van der Waals surface area contributed by atoms with Crippen molar-refractivity contribution >= 4 is 28.9 Å². The molecule has 1 aliphatic rings. The molecule has 1 aromatic carbocycles. The summed E-state index contributed by atoms with van der Waals surface area (Å²) in [6.07, 6.45) is 3.64. The summed E-state index contributed by atoms with van der Waals surface area (Å²) in [5, 5.41) is 5.98. The fourth-order valence-electron chi connectivity index (χ4n) is 3.25. The molecule has 4 rings (SSSR count). The summed E-state index contributed by atoms with van der Waals surface area (Å²) in [6, 6.07) is 7.23. The molecular weight excluding hydrogens is 413 g/mol. The summed E-state index contributed by atoms with van der Waals surface area (Å²) in [6.45, 7) is 0. The van der Waals surface area contributed by atoms with Crippen LogP contribution in [0, 0.1) is 5.92 Å². The number of pyridine rings is 1. The Balaban J connectivity index is 1.38. The molecule has 1 saturated carbocycles. The SMILES string of the molecule is O=C(Nc1cccc(C(F)(F)F)c1)Nc1ccc(-c2cnc([C]3CCCC3)s2)cn1. The molecule has 2 amide bonds. The van der Waals surface area contributed by atoms with Crippen LogP contribution in [0.15, 0.2) is 48.8 Å². The van der Waals surface area contributed by atoms with Crippen molar-refractivity contribution in [3.05, 3.63) is 65.3 Å². The molecule has 2 aromatic heterocycles. The molecule has 0 aliphatic heterocycles. The van der Waals surface area contributed by atoms with Crippen LogP contribution in [0.3, 0.4) is 0 Å². The first kappa shape index (κ1) is 20.3. The van der Waals surface area contributed by atoms with Crippen molar-refractivity contribution in [1.82, 2.24) is 9.97 Å². The third-order valence-electron chi connectivity index (χ3n) is 4.75. The second-order valence-corrected chi connectivity index (χ2v) is 7.96. The molecule has 2 N–H and O–H groups in total. The second-order valence-electron chi connectivity index (χ2n) is 6.93. The van der Waals surface area contributed by atoms with Gasteiger partial charge in [-0.1, -0.05) is 18.9 Å². The fourth-order valence-corrected chi connectivity index (χ4v) is 4.26. The highest BCUT2D eigenvalue weighted by Crippen LogP contribution is 2.37. The first-order chi connectivity index (χ1) is 14.4. The van der Waals surface area contributed by atoms with Crippen molar-refractivity contribution in [2.45, 2.75) is 31.9 Å². The van der Waals surface area contributed by atoms with E-state index < -0.39 is 17.8 Å². The predicted octanol–water partition coefficient (Wildman–Crippen LogP) is 6.36. The Morgan fingerprint density at radius 2 is 1.80 bits per heavy atom. The number of carbonyl (C=O) groups excluding carboxylic acids is 1. The Morgan fingerprint density at radius 3 is 2.50 bits per heavy atom. The van der Waals surface area contributed by atoms with E-state index in [0.29, 0.717) is 0 Å². The van der Waals surface area contributed by atoms with Crippen LogP contribution in [0.2, 0.25) is 0 Å². The average Bonchev–Trinajstić information content (AvgIpc) is 3.40. The number of amides is 2. The van der Waals surface area contributed by atoms with Crippen LogP contribution >= 0.6 is 11.3 Å². The predicted molar refractivity (Wildman–Crippen MR) is 110 cm³/mol. The molecule has 1 radical (unpaired) electrons. The molecular formula is C21H18F3N4OS. The third kappa shape index (κ3) is 4.79. The Bertz CT molecular complexity index is 1030. The van der Waals surface area contributed by atoms with Gasteiger partial charge in [0, 0.05) is 29.6 Å². The van der Waals surface area contributed by atoms with Crippen molar-refractivity contribution in [2.75, 3.05) is 10.6 Å². The summed E-state index contributed by atoms with van der Waals surface area (Å²) in [5.74, 6) is 1.70. The van der Waals surface area contributed by atoms with E-state index in [-0.39, 0.29) is 11.5 Å². The lowest BCUT2D eigenvalue weighted by Gasteiger charge is -2.10. The molecule has 9 heteroatoms.